The lowest BCUT2D eigenvalue weighted by atomic mass is 9.83. The fourth-order valence-electron chi connectivity index (χ4n) is 2.53. The van der Waals surface area contributed by atoms with Crippen molar-refractivity contribution in [2.45, 2.75) is 52.7 Å². The molecule has 5 heteroatoms. The minimum Gasteiger partial charge on any atom is -0.484 e. The zero-order valence-corrected chi connectivity index (χ0v) is 12.8. The molecule has 0 heterocycles. The van der Waals surface area contributed by atoms with E-state index in [0.29, 0.717) is 11.7 Å². The normalized spacial score (nSPS) is 14.4. The third-order valence-electron chi connectivity index (χ3n) is 3.21. The van der Waals surface area contributed by atoms with E-state index in [1.54, 1.807) is 12.1 Å². The number of hydrogen-bond acceptors (Lipinski definition) is 4. The van der Waals surface area contributed by atoms with Crippen molar-refractivity contribution >= 4 is 5.69 Å². The van der Waals surface area contributed by atoms with E-state index >= 15 is 0 Å². The van der Waals surface area contributed by atoms with Gasteiger partial charge in [0, 0.05) is 18.0 Å². The highest BCUT2D eigenvalue weighted by atomic mass is 16.6. The van der Waals surface area contributed by atoms with Crippen LogP contribution >= 0.6 is 0 Å². The molecule has 20 heavy (non-hydrogen) atoms. The number of nitro groups is 1. The van der Waals surface area contributed by atoms with Crippen LogP contribution in [0.25, 0.3) is 0 Å². The maximum atomic E-state index is 11.1. The van der Waals surface area contributed by atoms with Crippen molar-refractivity contribution in [2.24, 2.45) is 11.7 Å². The first kappa shape index (κ1) is 16.4. The van der Waals surface area contributed by atoms with Crippen molar-refractivity contribution in [1.82, 2.24) is 0 Å². The van der Waals surface area contributed by atoms with Crippen molar-refractivity contribution in [1.29, 1.82) is 0 Å². The summed E-state index contributed by atoms with van der Waals surface area (Å²) >= 11 is 0. The van der Waals surface area contributed by atoms with Gasteiger partial charge in [-0.05, 0) is 38.3 Å². The molecule has 0 aliphatic heterocycles. The van der Waals surface area contributed by atoms with Crippen molar-refractivity contribution in [3.05, 3.63) is 33.9 Å². The second-order valence-electron chi connectivity index (χ2n) is 5.78. The number of nitrogens with two attached hydrogens (primary N) is 1. The third-order valence-corrected chi connectivity index (χ3v) is 3.21. The van der Waals surface area contributed by atoms with Crippen LogP contribution in [0, 0.1) is 16.0 Å². The Kier molecular flexibility index (Phi) is 5.51. The van der Waals surface area contributed by atoms with E-state index in [4.69, 9.17) is 10.5 Å². The van der Waals surface area contributed by atoms with Gasteiger partial charge in [0.1, 0.15) is 0 Å². The molecule has 0 spiro atoms. The van der Waals surface area contributed by atoms with E-state index in [0.717, 1.165) is 5.56 Å². The number of nitrogens with zero attached hydrogens (tertiary/aromatic N) is 1. The van der Waals surface area contributed by atoms with Gasteiger partial charge in [-0.15, -0.1) is 0 Å². The maximum absolute atomic E-state index is 11.1. The summed E-state index contributed by atoms with van der Waals surface area (Å²) < 4.78 is 5.57. The molecule has 0 fully saturated rings. The van der Waals surface area contributed by atoms with Crippen LogP contribution in [-0.4, -0.2) is 17.1 Å². The number of ether oxygens (including phenoxy) is 1. The summed E-state index contributed by atoms with van der Waals surface area (Å²) in [6.07, 6.45) is -0.114. The predicted molar refractivity (Wildman–Crippen MR) is 80.1 cm³/mol. The van der Waals surface area contributed by atoms with Crippen LogP contribution in [0.1, 0.15) is 46.1 Å². The molecule has 1 rings (SSSR count). The zero-order chi connectivity index (χ0) is 15.4. The van der Waals surface area contributed by atoms with Crippen LogP contribution in [-0.2, 0) is 0 Å². The molecule has 0 aliphatic rings. The van der Waals surface area contributed by atoms with E-state index in [9.17, 15) is 10.1 Å². The van der Waals surface area contributed by atoms with Gasteiger partial charge in [-0.2, -0.15) is 0 Å². The molecule has 5 nitrogen and oxygen atoms in total. The van der Waals surface area contributed by atoms with Gasteiger partial charge in [-0.3, -0.25) is 10.1 Å². The summed E-state index contributed by atoms with van der Waals surface area (Å²) in [5.41, 5.74) is 7.02. The van der Waals surface area contributed by atoms with E-state index in [-0.39, 0.29) is 23.8 Å². The first-order chi connectivity index (χ1) is 9.23. The highest BCUT2D eigenvalue weighted by Gasteiger charge is 2.24. The lowest BCUT2D eigenvalue weighted by Gasteiger charge is -2.25. The molecule has 0 aromatic heterocycles. The summed E-state index contributed by atoms with van der Waals surface area (Å²) in [6.45, 7) is 9.84. The molecule has 0 saturated carbocycles. The molecule has 2 unspecified atom stereocenters. The smallest absolute Gasteiger partial charge is 0.310 e. The number of rotatable bonds is 6. The Labute approximate surface area is 120 Å². The van der Waals surface area contributed by atoms with E-state index in [1.807, 2.05) is 20.8 Å². The van der Waals surface area contributed by atoms with E-state index in [1.165, 1.54) is 6.07 Å². The summed E-state index contributed by atoms with van der Waals surface area (Å²) in [4.78, 5) is 10.6. The largest absolute Gasteiger partial charge is 0.484 e. The SMILES string of the molecule is CC(C)Oc1cc(C(C(C)C)C(C)N)ccc1[N+](=O)[O-]. The van der Waals surface area contributed by atoms with Gasteiger partial charge in [-0.25, -0.2) is 0 Å². The Morgan fingerprint density at radius 2 is 1.80 bits per heavy atom. The Balaban J connectivity index is 3.26. The Hall–Kier alpha value is -1.62. The topological polar surface area (TPSA) is 78.4 Å². The number of hydrogen-bond donors (Lipinski definition) is 1. The van der Waals surface area contributed by atoms with Gasteiger partial charge in [0.05, 0.1) is 11.0 Å². The highest BCUT2D eigenvalue weighted by molar-refractivity contribution is 5.49. The van der Waals surface area contributed by atoms with Gasteiger partial charge >= 0.3 is 5.69 Å². The molecule has 0 amide bonds. The van der Waals surface area contributed by atoms with E-state index in [2.05, 4.69) is 13.8 Å². The minimum atomic E-state index is -0.419. The second-order valence-corrected chi connectivity index (χ2v) is 5.78. The summed E-state index contributed by atoms with van der Waals surface area (Å²) in [6, 6.07) is 5.01. The molecular formula is C15H24N2O3. The van der Waals surface area contributed by atoms with Crippen LogP contribution in [0.15, 0.2) is 18.2 Å². The molecule has 2 N–H and O–H groups in total. The van der Waals surface area contributed by atoms with Gasteiger partial charge in [0.2, 0.25) is 0 Å². The quantitative estimate of drug-likeness (QED) is 0.639. The number of benzene rings is 1. The molecule has 0 aliphatic carbocycles. The summed E-state index contributed by atoms with van der Waals surface area (Å²) in [5, 5.41) is 11.1. The average Bonchev–Trinajstić information content (AvgIpc) is 2.26. The molecule has 1 aromatic rings. The van der Waals surface area contributed by atoms with Crippen LogP contribution in [0.4, 0.5) is 5.69 Å². The van der Waals surface area contributed by atoms with Crippen molar-refractivity contribution < 1.29 is 9.66 Å². The average molecular weight is 280 g/mol. The Morgan fingerprint density at radius 1 is 1.20 bits per heavy atom. The van der Waals surface area contributed by atoms with E-state index < -0.39 is 4.92 Å². The van der Waals surface area contributed by atoms with Gasteiger partial charge < -0.3 is 10.5 Å². The monoisotopic (exact) mass is 280 g/mol. The minimum absolute atomic E-state index is 0.00497. The first-order valence-electron chi connectivity index (χ1n) is 6.94. The maximum Gasteiger partial charge on any atom is 0.310 e. The van der Waals surface area contributed by atoms with Crippen molar-refractivity contribution in [3.8, 4) is 5.75 Å². The van der Waals surface area contributed by atoms with Gasteiger partial charge in [0.15, 0.2) is 5.75 Å². The number of nitro benzene ring substituents is 1. The fraction of sp³-hybridized carbons (Fsp3) is 0.600. The van der Waals surface area contributed by atoms with Gasteiger partial charge in [0.25, 0.3) is 0 Å². The summed E-state index contributed by atoms with van der Waals surface area (Å²) in [7, 11) is 0. The third kappa shape index (κ3) is 3.93. The first-order valence-corrected chi connectivity index (χ1v) is 6.94. The molecule has 112 valence electrons. The van der Waals surface area contributed by atoms with Crippen molar-refractivity contribution in [2.75, 3.05) is 0 Å². The zero-order valence-electron chi connectivity index (χ0n) is 12.8. The second kappa shape index (κ2) is 6.70. The predicted octanol–water partition coefficient (Wildman–Crippen LogP) is 3.47. The van der Waals surface area contributed by atoms with Crippen LogP contribution < -0.4 is 10.5 Å². The Morgan fingerprint density at radius 3 is 2.20 bits per heavy atom. The lowest BCUT2D eigenvalue weighted by Crippen LogP contribution is -2.28. The van der Waals surface area contributed by atoms with Gasteiger partial charge in [-0.1, -0.05) is 19.9 Å². The molecule has 1 aromatic carbocycles. The standard InChI is InChI=1S/C15H24N2O3/c1-9(2)15(11(5)16)12-6-7-13(17(18)19)14(8-12)20-10(3)4/h6-11,15H,16H2,1-5H3. The van der Waals surface area contributed by atoms with Crippen LogP contribution in [0.2, 0.25) is 0 Å². The lowest BCUT2D eigenvalue weighted by molar-refractivity contribution is -0.386. The van der Waals surface area contributed by atoms with Crippen molar-refractivity contribution in [3.63, 3.8) is 0 Å². The molecule has 2 atom stereocenters. The van der Waals surface area contributed by atoms with Crippen LogP contribution in [0.5, 0.6) is 5.75 Å². The fourth-order valence-corrected chi connectivity index (χ4v) is 2.53. The van der Waals surface area contributed by atoms with Crippen LogP contribution in [0.3, 0.4) is 0 Å². The molecule has 0 radical (unpaired) electrons. The molecule has 0 saturated heterocycles. The molecular weight excluding hydrogens is 256 g/mol. The molecule has 0 bridgehead atoms. The Bertz CT molecular complexity index is 462. The summed E-state index contributed by atoms with van der Waals surface area (Å²) in [5.74, 6) is 0.808. The highest BCUT2D eigenvalue weighted by Crippen LogP contribution is 2.35.